The molecule has 1 heterocycles. The standard InChI is InChI=1S/C11H8Br2F3NO/c12-7-1-6(11(14,15)16)2-9(3-7)17-5-8(13)4-10(17)18/h1-3,8H,4-5H2. The molecule has 1 aromatic carbocycles. The molecule has 0 aromatic heterocycles. The molecule has 2 nitrogen and oxygen atoms in total. The van der Waals surface area contributed by atoms with E-state index in [1.54, 1.807) is 0 Å². The summed E-state index contributed by atoms with van der Waals surface area (Å²) >= 11 is 6.33. The van der Waals surface area contributed by atoms with Gasteiger partial charge >= 0.3 is 6.18 Å². The highest BCUT2D eigenvalue weighted by molar-refractivity contribution is 9.10. The summed E-state index contributed by atoms with van der Waals surface area (Å²) in [6.45, 7) is 0.382. The van der Waals surface area contributed by atoms with Crippen molar-refractivity contribution in [3.05, 3.63) is 28.2 Å². The smallest absolute Gasteiger partial charge is 0.311 e. The quantitative estimate of drug-likeness (QED) is 0.669. The van der Waals surface area contributed by atoms with Gasteiger partial charge in [0.1, 0.15) is 0 Å². The van der Waals surface area contributed by atoms with Crippen molar-refractivity contribution >= 4 is 43.5 Å². The largest absolute Gasteiger partial charge is 0.416 e. The monoisotopic (exact) mass is 385 g/mol. The predicted octanol–water partition coefficient (Wildman–Crippen LogP) is 3.97. The number of carbonyl (C=O) groups is 1. The molecule has 0 aliphatic carbocycles. The number of rotatable bonds is 1. The molecule has 1 fully saturated rings. The van der Waals surface area contributed by atoms with Gasteiger partial charge in [-0.2, -0.15) is 13.2 Å². The molecule has 1 aliphatic heterocycles. The molecule has 0 N–H and O–H groups in total. The molecule has 0 saturated carbocycles. The molecule has 18 heavy (non-hydrogen) atoms. The second kappa shape index (κ2) is 4.85. The van der Waals surface area contributed by atoms with Crippen LogP contribution in [0.1, 0.15) is 12.0 Å². The van der Waals surface area contributed by atoms with Crippen molar-refractivity contribution in [1.29, 1.82) is 0 Å². The summed E-state index contributed by atoms with van der Waals surface area (Å²) in [6.07, 6.45) is -4.12. The van der Waals surface area contributed by atoms with E-state index in [2.05, 4.69) is 31.9 Å². The Morgan fingerprint density at radius 2 is 1.94 bits per heavy atom. The topological polar surface area (TPSA) is 20.3 Å². The van der Waals surface area contributed by atoms with Gasteiger partial charge in [0, 0.05) is 28.0 Å². The van der Waals surface area contributed by atoms with Crippen LogP contribution < -0.4 is 4.90 Å². The van der Waals surface area contributed by atoms with E-state index in [1.807, 2.05) is 0 Å². The van der Waals surface area contributed by atoms with Crippen LogP contribution in [0, 0.1) is 0 Å². The summed E-state index contributed by atoms with van der Waals surface area (Å²) in [5.74, 6) is -0.178. The Morgan fingerprint density at radius 1 is 1.28 bits per heavy atom. The van der Waals surface area contributed by atoms with Crippen molar-refractivity contribution < 1.29 is 18.0 Å². The SMILES string of the molecule is O=C1CC(Br)CN1c1cc(Br)cc(C(F)(F)F)c1. The highest BCUT2D eigenvalue weighted by atomic mass is 79.9. The van der Waals surface area contributed by atoms with E-state index in [-0.39, 0.29) is 16.4 Å². The molecule has 0 spiro atoms. The van der Waals surface area contributed by atoms with Crippen LogP contribution >= 0.6 is 31.9 Å². The lowest BCUT2D eigenvalue weighted by Gasteiger charge is -2.18. The van der Waals surface area contributed by atoms with E-state index in [1.165, 1.54) is 11.0 Å². The molecule has 0 radical (unpaired) electrons. The summed E-state index contributed by atoms with van der Waals surface area (Å²) in [5, 5.41) is 0. The van der Waals surface area contributed by atoms with Crippen LogP contribution in [0.3, 0.4) is 0 Å². The Balaban J connectivity index is 2.40. The van der Waals surface area contributed by atoms with E-state index in [4.69, 9.17) is 0 Å². The molecule has 1 aromatic rings. The third-order valence-corrected chi connectivity index (χ3v) is 3.67. The van der Waals surface area contributed by atoms with Crippen molar-refractivity contribution in [3.63, 3.8) is 0 Å². The maximum absolute atomic E-state index is 12.7. The van der Waals surface area contributed by atoms with E-state index in [0.717, 1.165) is 12.1 Å². The van der Waals surface area contributed by atoms with E-state index >= 15 is 0 Å². The fraction of sp³-hybridized carbons (Fsp3) is 0.364. The second-order valence-corrected chi connectivity index (χ2v) is 6.21. The van der Waals surface area contributed by atoms with Crippen LogP contribution in [-0.4, -0.2) is 17.3 Å². The predicted molar refractivity (Wildman–Crippen MR) is 68.8 cm³/mol. The minimum Gasteiger partial charge on any atom is -0.311 e. The molecular weight excluding hydrogens is 379 g/mol. The van der Waals surface area contributed by atoms with Crippen LogP contribution in [0.25, 0.3) is 0 Å². The minimum atomic E-state index is -4.42. The van der Waals surface area contributed by atoms with Gasteiger partial charge in [-0.05, 0) is 18.2 Å². The maximum Gasteiger partial charge on any atom is 0.416 e. The number of hydrogen-bond donors (Lipinski definition) is 0. The normalized spacial score (nSPS) is 20.6. The van der Waals surface area contributed by atoms with Crippen molar-refractivity contribution in [2.75, 3.05) is 11.4 Å². The molecule has 1 aliphatic rings. The van der Waals surface area contributed by atoms with Gasteiger partial charge in [-0.3, -0.25) is 4.79 Å². The summed E-state index contributed by atoms with van der Waals surface area (Å²) in [4.78, 5) is 13.0. The first-order chi connectivity index (χ1) is 8.27. The molecule has 1 saturated heterocycles. The third kappa shape index (κ3) is 2.88. The Labute approximate surface area is 118 Å². The van der Waals surface area contributed by atoms with Gasteiger partial charge in [0.05, 0.1) is 5.56 Å². The van der Waals surface area contributed by atoms with Gasteiger partial charge in [0.25, 0.3) is 0 Å². The molecule has 1 unspecified atom stereocenters. The Hall–Kier alpha value is -0.560. The number of nitrogens with zero attached hydrogens (tertiary/aromatic N) is 1. The Bertz CT molecular complexity index is 490. The molecule has 2 rings (SSSR count). The molecule has 7 heteroatoms. The van der Waals surface area contributed by atoms with Crippen molar-refractivity contribution in [2.24, 2.45) is 0 Å². The van der Waals surface area contributed by atoms with Gasteiger partial charge < -0.3 is 4.90 Å². The van der Waals surface area contributed by atoms with Crippen LogP contribution in [0.15, 0.2) is 22.7 Å². The van der Waals surface area contributed by atoms with Crippen molar-refractivity contribution in [3.8, 4) is 0 Å². The number of benzene rings is 1. The first-order valence-electron chi connectivity index (χ1n) is 5.09. The number of alkyl halides is 4. The number of hydrogen-bond acceptors (Lipinski definition) is 1. The van der Waals surface area contributed by atoms with Crippen LogP contribution in [-0.2, 0) is 11.0 Å². The molecular formula is C11H8Br2F3NO. The highest BCUT2D eigenvalue weighted by Crippen LogP contribution is 2.35. The van der Waals surface area contributed by atoms with Crippen molar-refractivity contribution in [1.82, 2.24) is 0 Å². The number of halogens is 5. The number of carbonyl (C=O) groups excluding carboxylic acids is 1. The zero-order valence-corrected chi connectivity index (χ0v) is 12.1. The van der Waals surface area contributed by atoms with Gasteiger partial charge in [-0.25, -0.2) is 0 Å². The minimum absolute atomic E-state index is 0.0154. The number of anilines is 1. The highest BCUT2D eigenvalue weighted by Gasteiger charge is 2.34. The lowest BCUT2D eigenvalue weighted by molar-refractivity contribution is -0.137. The first-order valence-corrected chi connectivity index (χ1v) is 6.80. The molecule has 98 valence electrons. The molecule has 1 amide bonds. The summed E-state index contributed by atoms with van der Waals surface area (Å²) < 4.78 is 38.3. The van der Waals surface area contributed by atoms with Crippen LogP contribution in [0.4, 0.5) is 18.9 Å². The van der Waals surface area contributed by atoms with E-state index < -0.39 is 11.7 Å². The van der Waals surface area contributed by atoms with Crippen molar-refractivity contribution in [2.45, 2.75) is 17.4 Å². The fourth-order valence-corrected chi connectivity index (χ4v) is 2.85. The zero-order valence-electron chi connectivity index (χ0n) is 8.97. The average molecular weight is 387 g/mol. The van der Waals surface area contributed by atoms with E-state index in [9.17, 15) is 18.0 Å². The van der Waals surface area contributed by atoms with Gasteiger partial charge in [-0.1, -0.05) is 31.9 Å². The van der Waals surface area contributed by atoms with E-state index in [0.29, 0.717) is 17.4 Å². The lowest BCUT2D eigenvalue weighted by Crippen LogP contribution is -2.25. The third-order valence-electron chi connectivity index (χ3n) is 2.60. The number of amides is 1. The van der Waals surface area contributed by atoms with Gasteiger partial charge in [-0.15, -0.1) is 0 Å². The fourth-order valence-electron chi connectivity index (χ4n) is 1.81. The molecule has 0 bridgehead atoms. The molecule has 1 atom stereocenters. The van der Waals surface area contributed by atoms with Crippen LogP contribution in [0.5, 0.6) is 0 Å². The van der Waals surface area contributed by atoms with Gasteiger partial charge in [0.2, 0.25) is 5.91 Å². The van der Waals surface area contributed by atoms with Gasteiger partial charge in [0.15, 0.2) is 0 Å². The average Bonchev–Trinajstić information content (AvgIpc) is 2.55. The maximum atomic E-state index is 12.7. The van der Waals surface area contributed by atoms with Crippen LogP contribution in [0.2, 0.25) is 0 Å². The Morgan fingerprint density at radius 3 is 2.44 bits per heavy atom. The summed E-state index contributed by atoms with van der Waals surface area (Å²) in [5.41, 5.74) is -0.499. The zero-order chi connectivity index (χ0) is 13.5. The Kier molecular flexibility index (Phi) is 3.73. The second-order valence-electron chi connectivity index (χ2n) is 4.00. The summed E-state index contributed by atoms with van der Waals surface area (Å²) in [6, 6.07) is 3.50. The summed E-state index contributed by atoms with van der Waals surface area (Å²) in [7, 11) is 0. The lowest BCUT2D eigenvalue weighted by atomic mass is 10.2. The first kappa shape index (κ1) is 13.9.